The Morgan fingerprint density at radius 2 is 1.88 bits per heavy atom. The highest BCUT2D eigenvalue weighted by Gasteiger charge is 2.12. The van der Waals surface area contributed by atoms with Crippen LogP contribution < -0.4 is 10.6 Å². The van der Waals surface area contributed by atoms with Gasteiger partial charge in [0.15, 0.2) is 0 Å². The van der Waals surface area contributed by atoms with Gasteiger partial charge in [-0.2, -0.15) is 5.10 Å². The third-order valence-electron chi connectivity index (χ3n) is 3.66. The predicted molar refractivity (Wildman–Crippen MR) is 101 cm³/mol. The molecule has 1 aromatic heterocycles. The van der Waals surface area contributed by atoms with Gasteiger partial charge < -0.3 is 10.6 Å². The van der Waals surface area contributed by atoms with Crippen LogP contribution in [0, 0.1) is 0 Å². The largest absolute Gasteiger partial charge is 0.352 e. The van der Waals surface area contributed by atoms with Crippen LogP contribution in [0.15, 0.2) is 54.6 Å². The molecule has 3 N–H and O–H groups in total. The molecule has 0 saturated heterocycles. The molecule has 0 saturated carbocycles. The molecule has 2 aromatic carbocycles. The zero-order chi connectivity index (χ0) is 18.5. The summed E-state index contributed by atoms with van der Waals surface area (Å²) in [6.07, 6.45) is 0. The first kappa shape index (κ1) is 17.7. The number of nitrogens with one attached hydrogen (secondary N) is 3. The zero-order valence-electron chi connectivity index (χ0n) is 14.0. The van der Waals surface area contributed by atoms with Crippen molar-refractivity contribution >= 4 is 29.1 Å². The van der Waals surface area contributed by atoms with Gasteiger partial charge in [-0.25, -0.2) is 0 Å². The number of aromatic amines is 1. The number of nitrogens with zero attached hydrogens (tertiary/aromatic N) is 1. The van der Waals surface area contributed by atoms with Crippen LogP contribution in [0.3, 0.4) is 0 Å². The van der Waals surface area contributed by atoms with Gasteiger partial charge in [0.2, 0.25) is 0 Å². The fourth-order valence-corrected chi connectivity index (χ4v) is 2.62. The van der Waals surface area contributed by atoms with E-state index in [0.29, 0.717) is 34.2 Å². The number of carbonyl (C=O) groups excluding carboxylic acids is 2. The minimum Gasteiger partial charge on any atom is -0.352 e. The van der Waals surface area contributed by atoms with Gasteiger partial charge in [0.1, 0.15) is 5.69 Å². The Kier molecular flexibility index (Phi) is 5.34. The molecule has 0 aliphatic rings. The van der Waals surface area contributed by atoms with Gasteiger partial charge in [-0.1, -0.05) is 29.8 Å². The van der Waals surface area contributed by atoms with Crippen molar-refractivity contribution in [3.05, 3.63) is 70.9 Å². The molecule has 7 heteroatoms. The Labute approximate surface area is 155 Å². The highest BCUT2D eigenvalue weighted by Crippen LogP contribution is 2.22. The summed E-state index contributed by atoms with van der Waals surface area (Å²) in [5.74, 6) is -0.535. The topological polar surface area (TPSA) is 86.9 Å². The minimum atomic E-state index is -0.348. The number of anilines is 1. The lowest BCUT2D eigenvalue weighted by Crippen LogP contribution is -2.22. The number of halogens is 1. The second-order valence-electron chi connectivity index (χ2n) is 5.57. The van der Waals surface area contributed by atoms with Crippen LogP contribution in [0.25, 0.3) is 11.3 Å². The van der Waals surface area contributed by atoms with Gasteiger partial charge in [0.05, 0.1) is 5.69 Å². The minimum absolute atomic E-state index is 0.187. The van der Waals surface area contributed by atoms with Crippen molar-refractivity contribution in [2.75, 3.05) is 11.9 Å². The van der Waals surface area contributed by atoms with Crippen LogP contribution in [-0.4, -0.2) is 28.6 Å². The number of hydrogen-bond donors (Lipinski definition) is 3. The molecule has 26 heavy (non-hydrogen) atoms. The molecule has 2 amide bonds. The molecule has 0 atom stereocenters. The fourth-order valence-electron chi connectivity index (χ4n) is 2.43. The summed E-state index contributed by atoms with van der Waals surface area (Å²) in [6.45, 7) is 2.38. The Hall–Kier alpha value is -3.12. The van der Waals surface area contributed by atoms with Crippen LogP contribution in [0.4, 0.5) is 5.69 Å². The van der Waals surface area contributed by atoms with Crippen molar-refractivity contribution in [2.24, 2.45) is 0 Å². The van der Waals surface area contributed by atoms with Crippen LogP contribution >= 0.6 is 11.6 Å². The van der Waals surface area contributed by atoms with E-state index in [4.69, 9.17) is 11.6 Å². The maximum Gasteiger partial charge on any atom is 0.273 e. The first-order valence-corrected chi connectivity index (χ1v) is 8.45. The molecule has 0 aliphatic carbocycles. The first-order chi connectivity index (χ1) is 12.6. The van der Waals surface area contributed by atoms with Crippen LogP contribution in [0.1, 0.15) is 27.8 Å². The summed E-state index contributed by atoms with van der Waals surface area (Å²) in [5, 5.41) is 12.9. The van der Waals surface area contributed by atoms with E-state index in [2.05, 4.69) is 20.8 Å². The van der Waals surface area contributed by atoms with Gasteiger partial charge in [-0.3, -0.25) is 14.7 Å². The van der Waals surface area contributed by atoms with Crippen LogP contribution in [0.5, 0.6) is 0 Å². The average Bonchev–Trinajstić information content (AvgIpc) is 3.12. The van der Waals surface area contributed by atoms with E-state index in [1.165, 1.54) is 0 Å². The van der Waals surface area contributed by atoms with E-state index in [0.717, 1.165) is 5.56 Å². The molecule has 6 nitrogen and oxygen atoms in total. The Bertz CT molecular complexity index is 952. The van der Waals surface area contributed by atoms with E-state index >= 15 is 0 Å². The second kappa shape index (κ2) is 7.84. The molecular formula is C19H17ClN4O2. The molecule has 0 bridgehead atoms. The average molecular weight is 369 g/mol. The van der Waals surface area contributed by atoms with E-state index in [-0.39, 0.29) is 11.8 Å². The van der Waals surface area contributed by atoms with Crippen LogP contribution in [0.2, 0.25) is 5.02 Å². The normalized spacial score (nSPS) is 10.4. The lowest BCUT2D eigenvalue weighted by atomic mass is 10.1. The van der Waals surface area contributed by atoms with Gasteiger partial charge in [0, 0.05) is 28.4 Å². The van der Waals surface area contributed by atoms with Crippen molar-refractivity contribution in [2.45, 2.75) is 6.92 Å². The maximum absolute atomic E-state index is 12.4. The van der Waals surface area contributed by atoms with E-state index in [1.54, 1.807) is 42.5 Å². The molecule has 0 fully saturated rings. The molecule has 0 unspecified atom stereocenters. The number of benzene rings is 2. The van der Waals surface area contributed by atoms with Crippen LogP contribution in [-0.2, 0) is 0 Å². The Morgan fingerprint density at radius 1 is 1.08 bits per heavy atom. The summed E-state index contributed by atoms with van der Waals surface area (Å²) >= 11 is 5.98. The number of H-pyrrole nitrogens is 1. The van der Waals surface area contributed by atoms with Crippen molar-refractivity contribution < 1.29 is 9.59 Å². The standard InChI is InChI=1S/C19H17ClN4O2/c1-2-21-18(25)13-6-4-8-15(10-13)22-19(26)17-11-16(23-24-17)12-5-3-7-14(20)9-12/h3-11H,2H2,1H3,(H,21,25)(H,22,26)(H,23,24). The summed E-state index contributed by atoms with van der Waals surface area (Å²) in [4.78, 5) is 24.3. The molecule has 0 aliphatic heterocycles. The lowest BCUT2D eigenvalue weighted by Gasteiger charge is -2.06. The highest BCUT2D eigenvalue weighted by atomic mass is 35.5. The summed E-state index contributed by atoms with van der Waals surface area (Å²) < 4.78 is 0. The van der Waals surface area contributed by atoms with Gasteiger partial charge in [-0.05, 0) is 43.3 Å². The van der Waals surface area contributed by atoms with E-state index in [1.807, 2.05) is 19.1 Å². The third-order valence-corrected chi connectivity index (χ3v) is 3.90. The van der Waals surface area contributed by atoms with Crippen molar-refractivity contribution in [3.8, 4) is 11.3 Å². The number of carbonyl (C=O) groups is 2. The highest BCUT2D eigenvalue weighted by molar-refractivity contribution is 6.30. The first-order valence-electron chi connectivity index (χ1n) is 8.08. The summed E-state index contributed by atoms with van der Waals surface area (Å²) in [5.41, 5.74) is 2.75. The molecule has 0 spiro atoms. The Balaban J connectivity index is 1.75. The SMILES string of the molecule is CCNC(=O)c1cccc(NC(=O)c2cc(-c3cccc(Cl)c3)n[nH]2)c1. The van der Waals surface area contributed by atoms with Crippen molar-refractivity contribution in [1.29, 1.82) is 0 Å². The van der Waals surface area contributed by atoms with Gasteiger partial charge >= 0.3 is 0 Å². The van der Waals surface area contributed by atoms with E-state index in [9.17, 15) is 9.59 Å². The van der Waals surface area contributed by atoms with E-state index < -0.39 is 0 Å². The molecule has 3 aromatic rings. The zero-order valence-corrected chi connectivity index (χ0v) is 14.8. The number of aromatic nitrogens is 2. The molecule has 3 rings (SSSR count). The third kappa shape index (κ3) is 4.10. The monoisotopic (exact) mass is 368 g/mol. The smallest absolute Gasteiger partial charge is 0.273 e. The predicted octanol–water partition coefficient (Wildman–Crippen LogP) is 3.73. The number of rotatable bonds is 5. The molecule has 132 valence electrons. The number of amides is 2. The summed E-state index contributed by atoms with van der Waals surface area (Å²) in [7, 11) is 0. The quantitative estimate of drug-likeness (QED) is 0.641. The second-order valence-corrected chi connectivity index (χ2v) is 6.01. The Morgan fingerprint density at radius 3 is 2.65 bits per heavy atom. The van der Waals surface area contributed by atoms with Crippen molar-refractivity contribution in [1.82, 2.24) is 15.5 Å². The summed E-state index contributed by atoms with van der Waals surface area (Å²) in [6, 6.07) is 15.6. The van der Waals surface area contributed by atoms with Crippen molar-refractivity contribution in [3.63, 3.8) is 0 Å². The maximum atomic E-state index is 12.4. The fraction of sp³-hybridized carbons (Fsp3) is 0.105. The van der Waals surface area contributed by atoms with Gasteiger partial charge in [-0.15, -0.1) is 0 Å². The number of hydrogen-bond acceptors (Lipinski definition) is 3. The molecular weight excluding hydrogens is 352 g/mol. The van der Waals surface area contributed by atoms with Gasteiger partial charge in [0.25, 0.3) is 11.8 Å². The lowest BCUT2D eigenvalue weighted by molar-refractivity contribution is 0.0954. The molecule has 1 heterocycles. The molecule has 0 radical (unpaired) electrons.